The summed E-state index contributed by atoms with van der Waals surface area (Å²) in [6, 6.07) is 2.78. The number of aromatic nitrogens is 1. The monoisotopic (exact) mass is 236 g/mol. The van der Waals surface area contributed by atoms with E-state index in [1.54, 1.807) is 26.1 Å². The molecule has 0 bridgehead atoms. The summed E-state index contributed by atoms with van der Waals surface area (Å²) in [5, 5.41) is 7.92. The predicted molar refractivity (Wildman–Crippen MR) is 64.8 cm³/mol. The number of hydrogen-bond acceptors (Lipinski definition) is 4. The van der Waals surface area contributed by atoms with E-state index in [9.17, 15) is 9.59 Å². The van der Waals surface area contributed by atoms with Crippen molar-refractivity contribution in [1.82, 2.24) is 15.6 Å². The van der Waals surface area contributed by atoms with Crippen LogP contribution in [-0.2, 0) is 4.79 Å². The molecule has 0 saturated heterocycles. The van der Waals surface area contributed by atoms with E-state index in [2.05, 4.69) is 20.9 Å². The second-order valence-electron chi connectivity index (χ2n) is 3.49. The van der Waals surface area contributed by atoms with E-state index < -0.39 is 6.04 Å². The number of anilines is 1. The fraction of sp³-hybridized carbons (Fsp3) is 0.364. The molecule has 1 heterocycles. The Morgan fingerprint density at radius 2 is 2.06 bits per heavy atom. The summed E-state index contributed by atoms with van der Waals surface area (Å²) in [4.78, 5) is 26.9. The topological polar surface area (TPSA) is 83.1 Å². The Morgan fingerprint density at radius 3 is 2.65 bits per heavy atom. The summed E-state index contributed by atoms with van der Waals surface area (Å²) < 4.78 is 0. The molecule has 0 spiro atoms. The van der Waals surface area contributed by atoms with Gasteiger partial charge in [0.25, 0.3) is 5.91 Å². The molecule has 1 unspecified atom stereocenters. The maximum Gasteiger partial charge on any atom is 0.270 e. The average Bonchev–Trinajstić information content (AvgIpc) is 2.37. The number of likely N-dealkylation sites (N-methyl/N-ethyl adjacent to an activating group) is 1. The van der Waals surface area contributed by atoms with E-state index in [-0.39, 0.29) is 17.5 Å². The molecule has 3 N–H and O–H groups in total. The van der Waals surface area contributed by atoms with Gasteiger partial charge in [0, 0.05) is 26.0 Å². The lowest BCUT2D eigenvalue weighted by Crippen LogP contribution is -2.43. The molecular weight excluding hydrogens is 220 g/mol. The minimum absolute atomic E-state index is 0.247. The fourth-order valence-corrected chi connectivity index (χ4v) is 1.26. The summed E-state index contributed by atoms with van der Waals surface area (Å²) in [7, 11) is 3.27. The van der Waals surface area contributed by atoms with Gasteiger partial charge in [-0.3, -0.25) is 14.6 Å². The third kappa shape index (κ3) is 3.44. The SMILES string of the molecule is CNC(=O)C(C)NC(=O)c1cc(NC)ccn1. The van der Waals surface area contributed by atoms with Crippen molar-refractivity contribution in [3.63, 3.8) is 0 Å². The number of amides is 2. The number of nitrogens with zero attached hydrogens (tertiary/aromatic N) is 1. The van der Waals surface area contributed by atoms with Crippen LogP contribution in [0.5, 0.6) is 0 Å². The van der Waals surface area contributed by atoms with Gasteiger partial charge in [0.1, 0.15) is 11.7 Å². The Kier molecular flexibility index (Phi) is 4.45. The van der Waals surface area contributed by atoms with Gasteiger partial charge in [-0.25, -0.2) is 0 Å². The zero-order valence-corrected chi connectivity index (χ0v) is 10.1. The van der Waals surface area contributed by atoms with Crippen LogP contribution >= 0.6 is 0 Å². The highest BCUT2D eigenvalue weighted by Gasteiger charge is 2.16. The van der Waals surface area contributed by atoms with Crippen LogP contribution < -0.4 is 16.0 Å². The molecule has 0 radical (unpaired) electrons. The van der Waals surface area contributed by atoms with Gasteiger partial charge in [-0.05, 0) is 19.1 Å². The van der Waals surface area contributed by atoms with E-state index in [1.165, 1.54) is 13.2 Å². The molecule has 92 valence electrons. The summed E-state index contributed by atoms with van der Waals surface area (Å²) in [5.74, 6) is -0.624. The van der Waals surface area contributed by atoms with Crippen molar-refractivity contribution in [2.75, 3.05) is 19.4 Å². The largest absolute Gasteiger partial charge is 0.388 e. The minimum Gasteiger partial charge on any atom is -0.388 e. The van der Waals surface area contributed by atoms with Crippen molar-refractivity contribution in [2.45, 2.75) is 13.0 Å². The zero-order valence-electron chi connectivity index (χ0n) is 10.1. The smallest absolute Gasteiger partial charge is 0.270 e. The lowest BCUT2D eigenvalue weighted by Gasteiger charge is -2.12. The number of carbonyl (C=O) groups excluding carboxylic acids is 2. The number of carbonyl (C=O) groups is 2. The first-order chi connectivity index (χ1) is 8.08. The van der Waals surface area contributed by atoms with E-state index in [1.807, 2.05) is 0 Å². The summed E-state index contributed by atoms with van der Waals surface area (Å²) in [5.41, 5.74) is 1.06. The molecule has 1 aromatic heterocycles. The quantitative estimate of drug-likeness (QED) is 0.686. The maximum atomic E-state index is 11.8. The third-order valence-electron chi connectivity index (χ3n) is 2.27. The fourth-order valence-electron chi connectivity index (χ4n) is 1.26. The van der Waals surface area contributed by atoms with E-state index in [4.69, 9.17) is 0 Å². The maximum absolute atomic E-state index is 11.8. The minimum atomic E-state index is -0.590. The molecular formula is C11H16N4O2. The van der Waals surface area contributed by atoms with Crippen molar-refractivity contribution < 1.29 is 9.59 Å². The molecule has 0 aliphatic carbocycles. The van der Waals surface area contributed by atoms with E-state index in [0.717, 1.165) is 5.69 Å². The molecule has 1 atom stereocenters. The van der Waals surface area contributed by atoms with Gasteiger partial charge in [-0.2, -0.15) is 0 Å². The zero-order chi connectivity index (χ0) is 12.8. The Bertz CT molecular complexity index is 420. The summed E-state index contributed by atoms with van der Waals surface area (Å²) in [6.45, 7) is 1.61. The first-order valence-electron chi connectivity index (χ1n) is 5.24. The third-order valence-corrected chi connectivity index (χ3v) is 2.27. The van der Waals surface area contributed by atoms with Crippen LogP contribution in [0, 0.1) is 0 Å². The van der Waals surface area contributed by atoms with Gasteiger partial charge in [0.15, 0.2) is 0 Å². The molecule has 0 aliphatic rings. The molecule has 0 aromatic carbocycles. The predicted octanol–water partition coefficient (Wildman–Crippen LogP) is -0.0124. The Labute approximate surface area is 99.8 Å². The molecule has 1 aromatic rings. The molecule has 6 nitrogen and oxygen atoms in total. The molecule has 6 heteroatoms. The number of hydrogen-bond donors (Lipinski definition) is 3. The average molecular weight is 236 g/mol. The standard InChI is InChI=1S/C11H16N4O2/c1-7(10(16)13-3)15-11(17)9-6-8(12-2)4-5-14-9/h4-7H,1-3H3,(H,12,14)(H,13,16)(H,15,17). The van der Waals surface area contributed by atoms with Gasteiger partial charge in [0.2, 0.25) is 5.91 Å². The first-order valence-corrected chi connectivity index (χ1v) is 5.24. The second-order valence-corrected chi connectivity index (χ2v) is 3.49. The highest BCUT2D eigenvalue weighted by Crippen LogP contribution is 2.06. The van der Waals surface area contributed by atoms with E-state index >= 15 is 0 Å². The van der Waals surface area contributed by atoms with Crippen molar-refractivity contribution in [3.8, 4) is 0 Å². The van der Waals surface area contributed by atoms with Crippen LogP contribution in [-0.4, -0.2) is 36.9 Å². The lowest BCUT2D eigenvalue weighted by molar-refractivity contribution is -0.122. The van der Waals surface area contributed by atoms with Crippen LogP contribution in [0.15, 0.2) is 18.3 Å². The Morgan fingerprint density at radius 1 is 1.35 bits per heavy atom. The van der Waals surface area contributed by atoms with Gasteiger partial charge in [-0.1, -0.05) is 0 Å². The van der Waals surface area contributed by atoms with Gasteiger partial charge < -0.3 is 16.0 Å². The van der Waals surface area contributed by atoms with Crippen LogP contribution in [0.1, 0.15) is 17.4 Å². The highest BCUT2D eigenvalue weighted by atomic mass is 16.2. The van der Waals surface area contributed by atoms with Crippen LogP contribution in [0.25, 0.3) is 0 Å². The van der Waals surface area contributed by atoms with Crippen LogP contribution in [0.2, 0.25) is 0 Å². The van der Waals surface area contributed by atoms with Gasteiger partial charge >= 0.3 is 0 Å². The molecule has 1 rings (SSSR count). The van der Waals surface area contributed by atoms with Crippen LogP contribution in [0.3, 0.4) is 0 Å². The van der Waals surface area contributed by atoms with Crippen molar-refractivity contribution in [2.24, 2.45) is 0 Å². The highest BCUT2D eigenvalue weighted by molar-refractivity contribution is 5.96. The Balaban J connectivity index is 2.72. The normalized spacial score (nSPS) is 11.5. The van der Waals surface area contributed by atoms with Crippen molar-refractivity contribution >= 4 is 17.5 Å². The molecule has 0 saturated carbocycles. The second kappa shape index (κ2) is 5.83. The molecule has 17 heavy (non-hydrogen) atoms. The Hall–Kier alpha value is -2.11. The van der Waals surface area contributed by atoms with Gasteiger partial charge in [0.05, 0.1) is 0 Å². The van der Waals surface area contributed by atoms with Gasteiger partial charge in [-0.15, -0.1) is 0 Å². The summed E-state index contributed by atoms with van der Waals surface area (Å²) >= 11 is 0. The molecule has 0 fully saturated rings. The summed E-state index contributed by atoms with van der Waals surface area (Å²) in [6.07, 6.45) is 1.53. The lowest BCUT2D eigenvalue weighted by atomic mass is 10.2. The van der Waals surface area contributed by atoms with E-state index in [0.29, 0.717) is 0 Å². The number of rotatable bonds is 4. The van der Waals surface area contributed by atoms with Crippen molar-refractivity contribution in [3.05, 3.63) is 24.0 Å². The number of pyridine rings is 1. The van der Waals surface area contributed by atoms with Crippen LogP contribution in [0.4, 0.5) is 5.69 Å². The molecule has 2 amide bonds. The molecule has 0 aliphatic heterocycles. The van der Waals surface area contributed by atoms with Crippen molar-refractivity contribution in [1.29, 1.82) is 0 Å². The number of nitrogens with one attached hydrogen (secondary N) is 3. The first kappa shape index (κ1) is 13.0.